The van der Waals surface area contributed by atoms with E-state index in [0.717, 1.165) is 27.8 Å². The maximum Gasteiger partial charge on any atom is 0.125 e. The van der Waals surface area contributed by atoms with E-state index >= 15 is 0 Å². The van der Waals surface area contributed by atoms with Crippen molar-refractivity contribution in [2.75, 3.05) is 20.8 Å². The third-order valence-electron chi connectivity index (χ3n) is 3.87. The summed E-state index contributed by atoms with van der Waals surface area (Å²) in [4.78, 5) is 3.37. The van der Waals surface area contributed by atoms with Gasteiger partial charge < -0.3 is 14.6 Å². The van der Waals surface area contributed by atoms with Crippen LogP contribution in [0.5, 0.6) is 11.5 Å². The quantitative estimate of drug-likeness (QED) is 0.926. The normalized spacial score (nSPS) is 18.1. The molecule has 0 saturated carbocycles. The average Bonchev–Trinajstić information content (AvgIpc) is 2.91. The second kappa shape index (κ2) is 6.46. The molecule has 6 heteroatoms. The summed E-state index contributed by atoms with van der Waals surface area (Å²) >= 11 is 7.56. The van der Waals surface area contributed by atoms with E-state index in [2.05, 4.69) is 4.90 Å². The van der Waals surface area contributed by atoms with E-state index in [0.29, 0.717) is 18.8 Å². The van der Waals surface area contributed by atoms with Crippen LogP contribution < -0.4 is 9.47 Å². The van der Waals surface area contributed by atoms with Crippen LogP contribution in [0, 0.1) is 0 Å². The maximum absolute atomic E-state index is 10.5. The van der Waals surface area contributed by atoms with Crippen molar-refractivity contribution in [3.63, 3.8) is 0 Å². The van der Waals surface area contributed by atoms with Gasteiger partial charge in [-0.2, -0.15) is 0 Å². The number of methoxy groups -OCH3 is 2. The summed E-state index contributed by atoms with van der Waals surface area (Å²) in [7, 11) is 3.27. The number of aliphatic hydroxyl groups is 1. The number of halogens is 1. The molecule has 0 saturated heterocycles. The van der Waals surface area contributed by atoms with E-state index in [4.69, 9.17) is 21.1 Å². The third-order valence-corrected chi connectivity index (χ3v) is 5.08. The van der Waals surface area contributed by atoms with E-state index in [1.165, 1.54) is 4.88 Å². The Morgan fingerprint density at radius 3 is 2.59 bits per heavy atom. The van der Waals surface area contributed by atoms with E-state index in [9.17, 15) is 5.11 Å². The van der Waals surface area contributed by atoms with Gasteiger partial charge in [0.05, 0.1) is 24.7 Å². The highest BCUT2D eigenvalue weighted by Gasteiger charge is 2.29. The molecule has 1 aliphatic rings. The number of nitrogens with zero attached hydrogens (tertiary/aromatic N) is 1. The molecule has 0 spiro atoms. The molecule has 1 aromatic heterocycles. The fourth-order valence-electron chi connectivity index (χ4n) is 2.92. The van der Waals surface area contributed by atoms with Crippen molar-refractivity contribution < 1.29 is 14.6 Å². The summed E-state index contributed by atoms with van der Waals surface area (Å²) in [5, 5.41) is 10.5. The highest BCUT2D eigenvalue weighted by atomic mass is 35.5. The van der Waals surface area contributed by atoms with Crippen LogP contribution in [-0.2, 0) is 13.1 Å². The fraction of sp³-hybridized carbons (Fsp3) is 0.375. The molecule has 0 bridgehead atoms. The van der Waals surface area contributed by atoms with E-state index in [-0.39, 0.29) is 0 Å². The molecule has 1 unspecified atom stereocenters. The van der Waals surface area contributed by atoms with Crippen molar-refractivity contribution in [1.82, 2.24) is 4.90 Å². The predicted molar refractivity (Wildman–Crippen MR) is 87.9 cm³/mol. The minimum atomic E-state index is -0.593. The maximum atomic E-state index is 10.5. The number of aliphatic hydroxyl groups excluding tert-OH is 1. The van der Waals surface area contributed by atoms with E-state index < -0.39 is 6.10 Å². The Morgan fingerprint density at radius 1 is 1.23 bits per heavy atom. The van der Waals surface area contributed by atoms with Crippen LogP contribution in [0.4, 0.5) is 0 Å². The highest BCUT2D eigenvalue weighted by molar-refractivity contribution is 7.16. The molecule has 118 valence electrons. The molecule has 22 heavy (non-hydrogen) atoms. The average molecular weight is 340 g/mol. The number of thiophene rings is 1. The number of ether oxygens (including phenoxy) is 2. The lowest BCUT2D eigenvalue weighted by atomic mass is 9.95. The Labute approximate surface area is 138 Å². The number of benzene rings is 1. The van der Waals surface area contributed by atoms with Gasteiger partial charge in [-0.05, 0) is 24.3 Å². The van der Waals surface area contributed by atoms with Gasteiger partial charge in [0, 0.05) is 35.6 Å². The summed E-state index contributed by atoms with van der Waals surface area (Å²) in [6.07, 6.45) is -0.593. The van der Waals surface area contributed by atoms with Crippen molar-refractivity contribution in [3.8, 4) is 11.5 Å². The van der Waals surface area contributed by atoms with Crippen LogP contribution in [0.2, 0.25) is 4.34 Å². The van der Waals surface area contributed by atoms with Gasteiger partial charge in [0.15, 0.2) is 0 Å². The summed E-state index contributed by atoms with van der Waals surface area (Å²) in [6.45, 7) is 2.03. The van der Waals surface area contributed by atoms with Gasteiger partial charge >= 0.3 is 0 Å². The zero-order valence-electron chi connectivity index (χ0n) is 12.5. The lowest BCUT2D eigenvalue weighted by Crippen LogP contribution is -2.33. The number of rotatable bonds is 4. The Morgan fingerprint density at radius 2 is 1.95 bits per heavy atom. The first kappa shape index (κ1) is 15.6. The first-order valence-corrected chi connectivity index (χ1v) is 8.20. The standard InChI is InChI=1S/C16H18ClNO3S/c1-20-13-4-5-14(21-2)16-11(13)8-18(9-12(16)19)7-10-3-6-15(17)22-10/h3-6,12,19H,7-9H2,1-2H3. The van der Waals surface area contributed by atoms with Crippen LogP contribution in [0.25, 0.3) is 0 Å². The molecule has 2 heterocycles. The lowest BCUT2D eigenvalue weighted by molar-refractivity contribution is 0.0849. The summed E-state index contributed by atoms with van der Waals surface area (Å²) in [5.41, 5.74) is 1.82. The van der Waals surface area contributed by atoms with Gasteiger partial charge in [0.1, 0.15) is 11.5 Å². The molecule has 0 aliphatic carbocycles. The van der Waals surface area contributed by atoms with Gasteiger partial charge in [-0.1, -0.05) is 11.6 Å². The van der Waals surface area contributed by atoms with Crippen molar-refractivity contribution in [3.05, 3.63) is 44.6 Å². The molecule has 1 aromatic carbocycles. The van der Waals surface area contributed by atoms with Gasteiger partial charge in [0.2, 0.25) is 0 Å². The minimum Gasteiger partial charge on any atom is -0.496 e. The van der Waals surface area contributed by atoms with E-state index in [1.54, 1.807) is 25.6 Å². The first-order chi connectivity index (χ1) is 10.6. The van der Waals surface area contributed by atoms with Crippen LogP contribution in [0.15, 0.2) is 24.3 Å². The highest BCUT2D eigenvalue weighted by Crippen LogP contribution is 2.40. The minimum absolute atomic E-state index is 0.562. The van der Waals surface area contributed by atoms with Crippen molar-refractivity contribution in [2.45, 2.75) is 19.2 Å². The molecular weight excluding hydrogens is 322 g/mol. The SMILES string of the molecule is COc1ccc(OC)c2c1CN(Cc1ccc(Cl)s1)CC2O. The number of fused-ring (bicyclic) bond motifs is 1. The smallest absolute Gasteiger partial charge is 0.125 e. The van der Waals surface area contributed by atoms with Gasteiger partial charge in [-0.25, -0.2) is 0 Å². The molecule has 0 radical (unpaired) electrons. The van der Waals surface area contributed by atoms with Gasteiger partial charge in [-0.15, -0.1) is 11.3 Å². The monoisotopic (exact) mass is 339 g/mol. The molecule has 0 amide bonds. The molecule has 1 N–H and O–H groups in total. The number of β-amino-alcohol motifs (C(OH)–C–C–N with tert-alkyl or cyclic N) is 1. The second-order valence-electron chi connectivity index (χ2n) is 5.25. The topological polar surface area (TPSA) is 41.9 Å². The molecule has 2 aromatic rings. The Kier molecular flexibility index (Phi) is 4.59. The Balaban J connectivity index is 1.90. The Hall–Kier alpha value is -1.27. The fourth-order valence-corrected chi connectivity index (χ4v) is 4.05. The van der Waals surface area contributed by atoms with Gasteiger partial charge in [-0.3, -0.25) is 4.90 Å². The van der Waals surface area contributed by atoms with E-state index in [1.807, 2.05) is 24.3 Å². The molecule has 3 rings (SSSR count). The largest absolute Gasteiger partial charge is 0.496 e. The summed E-state index contributed by atoms with van der Waals surface area (Å²) < 4.78 is 11.6. The van der Waals surface area contributed by atoms with Crippen molar-refractivity contribution >= 4 is 22.9 Å². The van der Waals surface area contributed by atoms with Crippen molar-refractivity contribution in [1.29, 1.82) is 0 Å². The zero-order valence-corrected chi connectivity index (χ0v) is 14.1. The van der Waals surface area contributed by atoms with Gasteiger partial charge in [0.25, 0.3) is 0 Å². The molecule has 1 atom stereocenters. The summed E-state index contributed by atoms with van der Waals surface area (Å²) in [6, 6.07) is 7.66. The van der Waals surface area contributed by atoms with Crippen LogP contribution >= 0.6 is 22.9 Å². The van der Waals surface area contributed by atoms with Crippen LogP contribution in [0.3, 0.4) is 0 Å². The Bertz CT molecular complexity index is 673. The number of hydrogen-bond donors (Lipinski definition) is 1. The predicted octanol–water partition coefficient (Wildman–Crippen LogP) is 3.47. The second-order valence-corrected chi connectivity index (χ2v) is 7.05. The number of hydrogen-bond acceptors (Lipinski definition) is 5. The summed E-state index contributed by atoms with van der Waals surface area (Å²) in [5.74, 6) is 1.49. The molecule has 0 fully saturated rings. The van der Waals surface area contributed by atoms with Crippen LogP contribution in [0.1, 0.15) is 22.1 Å². The molecule has 1 aliphatic heterocycles. The third kappa shape index (κ3) is 2.94. The van der Waals surface area contributed by atoms with Crippen molar-refractivity contribution in [2.24, 2.45) is 0 Å². The zero-order chi connectivity index (χ0) is 15.7. The van der Waals surface area contributed by atoms with Crippen LogP contribution in [-0.4, -0.2) is 30.8 Å². The molecule has 4 nitrogen and oxygen atoms in total. The first-order valence-electron chi connectivity index (χ1n) is 7.00. The molecular formula is C16H18ClNO3S. The lowest BCUT2D eigenvalue weighted by Gasteiger charge is -2.33.